The molecule has 1 saturated carbocycles. The summed E-state index contributed by atoms with van der Waals surface area (Å²) in [5.41, 5.74) is -1.96. The predicted octanol–water partition coefficient (Wildman–Crippen LogP) is 8.66. The number of ether oxygens (including phenoxy) is 3. The molecule has 0 heterocycles. The third-order valence-electron chi connectivity index (χ3n) is 10.5. The molecule has 0 aromatic heterocycles. The second kappa shape index (κ2) is 13.3. The number of phenols is 1. The molecule has 0 amide bonds. The van der Waals surface area contributed by atoms with E-state index in [0.717, 1.165) is 31.1 Å². The van der Waals surface area contributed by atoms with Crippen LogP contribution in [0.5, 0.6) is 11.5 Å². The van der Waals surface area contributed by atoms with Crippen molar-refractivity contribution in [2.45, 2.75) is 110 Å². The Hall–Kier alpha value is -3.30. The van der Waals surface area contributed by atoms with Gasteiger partial charge in [-0.25, -0.2) is 4.79 Å². The number of esters is 1. The van der Waals surface area contributed by atoms with Crippen LogP contribution in [0.2, 0.25) is 0 Å². The summed E-state index contributed by atoms with van der Waals surface area (Å²) in [6.07, 6.45) is -0.105. The minimum atomic E-state index is -5.11. The molecule has 47 heavy (non-hydrogen) atoms. The zero-order valence-electron chi connectivity index (χ0n) is 28.8. The lowest BCUT2D eigenvalue weighted by atomic mass is 9.55. The number of fused-ring (bicyclic) bond motifs is 1. The zero-order valence-corrected chi connectivity index (χ0v) is 28.8. The summed E-state index contributed by atoms with van der Waals surface area (Å²) in [6.45, 7) is 11.2. The number of hydrogen-bond acceptors (Lipinski definition) is 6. The fourth-order valence-corrected chi connectivity index (χ4v) is 7.75. The van der Waals surface area contributed by atoms with Gasteiger partial charge in [0.2, 0.25) is 0 Å². The van der Waals surface area contributed by atoms with Crippen LogP contribution < -0.4 is 4.74 Å². The molecule has 2 aromatic rings. The van der Waals surface area contributed by atoms with Gasteiger partial charge in [-0.15, -0.1) is 0 Å². The molecule has 0 saturated heterocycles. The maximum Gasteiger partial charge on any atom is 0.432 e. The molecule has 0 bridgehead atoms. The van der Waals surface area contributed by atoms with Gasteiger partial charge in [0.25, 0.3) is 5.60 Å². The second-order valence-electron chi connectivity index (χ2n) is 14.5. The Morgan fingerprint density at radius 1 is 1.09 bits per heavy atom. The Kier molecular flexibility index (Phi) is 10.3. The molecule has 2 aliphatic carbocycles. The quantitative estimate of drug-likeness (QED) is 0.186. The number of aryl methyl sites for hydroxylation is 1. The Bertz CT molecular complexity index is 1520. The molecule has 258 valence electrons. The smallest absolute Gasteiger partial charge is 0.432 e. The number of allylic oxidation sites excluding steroid dienone is 3. The molecule has 4 rings (SSSR count). The van der Waals surface area contributed by atoms with E-state index >= 15 is 0 Å². The summed E-state index contributed by atoms with van der Waals surface area (Å²) in [4.78, 5) is 14.1. The third-order valence-corrected chi connectivity index (χ3v) is 10.5. The van der Waals surface area contributed by atoms with E-state index in [9.17, 15) is 28.2 Å². The molecule has 4 atom stereocenters. The van der Waals surface area contributed by atoms with Crippen LogP contribution in [0.3, 0.4) is 0 Å². The Balaban J connectivity index is 1.81. The summed E-state index contributed by atoms with van der Waals surface area (Å²) >= 11 is 0. The van der Waals surface area contributed by atoms with Gasteiger partial charge in [0.1, 0.15) is 17.6 Å². The predicted molar refractivity (Wildman–Crippen MR) is 175 cm³/mol. The van der Waals surface area contributed by atoms with E-state index in [1.165, 1.54) is 24.3 Å². The fraction of sp³-hybridized carbons (Fsp3) is 0.553. The number of halogens is 3. The number of hydrogen-bond donors (Lipinski definition) is 2. The van der Waals surface area contributed by atoms with Crippen LogP contribution in [0, 0.1) is 17.8 Å². The van der Waals surface area contributed by atoms with E-state index in [0.29, 0.717) is 48.1 Å². The molecule has 0 radical (unpaired) electrons. The molecule has 1 fully saturated rings. The van der Waals surface area contributed by atoms with Crippen molar-refractivity contribution in [2.24, 2.45) is 10.8 Å². The van der Waals surface area contributed by atoms with Crippen molar-refractivity contribution in [3.8, 4) is 11.5 Å². The molecule has 0 unspecified atom stereocenters. The minimum absolute atomic E-state index is 0.117. The average molecular weight is 659 g/mol. The van der Waals surface area contributed by atoms with Crippen molar-refractivity contribution in [2.75, 3.05) is 14.2 Å². The van der Waals surface area contributed by atoms with Crippen LogP contribution in [-0.4, -0.2) is 48.3 Å². The van der Waals surface area contributed by atoms with Crippen LogP contribution in [0.25, 0.3) is 0 Å². The first-order valence-corrected chi connectivity index (χ1v) is 16.2. The second-order valence-corrected chi connectivity index (χ2v) is 14.5. The van der Waals surface area contributed by atoms with Crippen molar-refractivity contribution in [1.82, 2.24) is 0 Å². The number of carbonyl (C=O) groups is 1. The number of phenolic OH excluding ortho intramolecular Hbond substituents is 1. The summed E-state index contributed by atoms with van der Waals surface area (Å²) in [7, 11) is 2.45. The summed E-state index contributed by atoms with van der Waals surface area (Å²) in [6, 6.07) is 10.4. The van der Waals surface area contributed by atoms with Crippen LogP contribution in [0.15, 0.2) is 65.3 Å². The highest BCUT2D eigenvalue weighted by Gasteiger charge is 2.66. The number of benzene rings is 2. The van der Waals surface area contributed by atoms with Crippen LogP contribution in [-0.2, 0) is 26.3 Å². The van der Waals surface area contributed by atoms with E-state index in [4.69, 9.17) is 14.2 Å². The van der Waals surface area contributed by atoms with Gasteiger partial charge >= 0.3 is 12.1 Å². The molecule has 0 aliphatic heterocycles. The molecule has 9 heteroatoms. The Labute approximate surface area is 276 Å². The Morgan fingerprint density at radius 3 is 2.32 bits per heavy atom. The first-order valence-electron chi connectivity index (χ1n) is 16.2. The molecule has 2 N–H and O–H groups in total. The SMILES string of the molecule is COc1cc(C)c(O)c(C/C=C(\C)CC2=C(CC(C)(C)O)[C@@H](OC(=O)[C@](OC)(c3ccccc3)C(F)(F)F)[C@@]3(C)CCC[C@]3(C)C2)c1. The van der Waals surface area contributed by atoms with Gasteiger partial charge in [-0.05, 0) is 88.5 Å². The number of aromatic hydroxyl groups is 1. The minimum Gasteiger partial charge on any atom is -0.507 e. The van der Waals surface area contributed by atoms with Gasteiger partial charge in [0.15, 0.2) is 0 Å². The number of methoxy groups -OCH3 is 2. The topological polar surface area (TPSA) is 85.2 Å². The van der Waals surface area contributed by atoms with Crippen LogP contribution in [0.1, 0.15) is 89.8 Å². The van der Waals surface area contributed by atoms with Crippen molar-refractivity contribution in [3.63, 3.8) is 0 Å². The first kappa shape index (κ1) is 36.5. The fourth-order valence-electron chi connectivity index (χ4n) is 7.75. The highest BCUT2D eigenvalue weighted by molar-refractivity contribution is 5.83. The maximum absolute atomic E-state index is 14.9. The average Bonchev–Trinajstić information content (AvgIpc) is 3.29. The largest absolute Gasteiger partial charge is 0.507 e. The van der Waals surface area contributed by atoms with Gasteiger partial charge < -0.3 is 24.4 Å². The van der Waals surface area contributed by atoms with Gasteiger partial charge in [0.05, 0.1) is 12.7 Å². The molecular weight excluding hydrogens is 609 g/mol. The molecule has 0 spiro atoms. The third kappa shape index (κ3) is 6.98. The van der Waals surface area contributed by atoms with E-state index < -0.39 is 34.9 Å². The highest BCUT2D eigenvalue weighted by Crippen LogP contribution is 2.64. The summed E-state index contributed by atoms with van der Waals surface area (Å²) < 4.78 is 61.4. The normalized spacial score (nSPS) is 24.9. The lowest BCUT2D eigenvalue weighted by Crippen LogP contribution is -2.56. The standard InChI is InChI=1S/C38H49F3O6/c1-24(15-16-26-21-29(45-7)20-25(2)31(26)42)19-27-22-35(5)17-12-18-36(35,6)32(30(27)23-34(3,4)44)47-33(43)37(46-8,38(39,40)41)28-13-10-9-11-14-28/h9-11,13-15,20-21,32,42,44H,12,16-19,22-23H2,1-8H3/b24-15+/t32-,35-,36-,37-/m1/s1. The van der Waals surface area contributed by atoms with Gasteiger partial charge in [0, 0.05) is 30.1 Å². The van der Waals surface area contributed by atoms with Gasteiger partial charge in [-0.3, -0.25) is 0 Å². The van der Waals surface area contributed by atoms with E-state index in [2.05, 4.69) is 6.92 Å². The van der Waals surface area contributed by atoms with Crippen LogP contribution >= 0.6 is 0 Å². The monoisotopic (exact) mass is 658 g/mol. The number of rotatable bonds is 11. The van der Waals surface area contributed by atoms with E-state index in [1.807, 2.05) is 26.8 Å². The van der Waals surface area contributed by atoms with Crippen molar-refractivity contribution >= 4 is 5.97 Å². The molecular formula is C38H49F3O6. The van der Waals surface area contributed by atoms with E-state index in [1.54, 1.807) is 39.2 Å². The van der Waals surface area contributed by atoms with E-state index in [-0.39, 0.29) is 23.1 Å². The van der Waals surface area contributed by atoms with Crippen molar-refractivity contribution < 1.29 is 42.4 Å². The zero-order chi connectivity index (χ0) is 35.0. The Morgan fingerprint density at radius 2 is 1.74 bits per heavy atom. The summed E-state index contributed by atoms with van der Waals surface area (Å²) in [5, 5.41) is 21.8. The van der Waals surface area contributed by atoms with Gasteiger partial charge in [-0.1, -0.05) is 67.8 Å². The molecule has 6 nitrogen and oxygen atoms in total. The van der Waals surface area contributed by atoms with Crippen LogP contribution in [0.4, 0.5) is 13.2 Å². The summed E-state index contributed by atoms with van der Waals surface area (Å²) in [5.74, 6) is -0.687. The number of alkyl halides is 3. The number of carbonyl (C=O) groups excluding carboxylic acids is 1. The van der Waals surface area contributed by atoms with Crippen molar-refractivity contribution in [1.29, 1.82) is 0 Å². The van der Waals surface area contributed by atoms with Crippen molar-refractivity contribution in [3.05, 3.63) is 82.0 Å². The number of aliphatic hydroxyl groups is 1. The lowest BCUT2D eigenvalue weighted by molar-refractivity contribution is -0.280. The lowest BCUT2D eigenvalue weighted by Gasteiger charge is -2.52. The molecule has 2 aromatic carbocycles. The van der Waals surface area contributed by atoms with Gasteiger partial charge in [-0.2, -0.15) is 13.2 Å². The maximum atomic E-state index is 14.9. The molecule has 2 aliphatic rings. The first-order chi connectivity index (χ1) is 21.8. The highest BCUT2D eigenvalue weighted by atomic mass is 19.4.